The minimum absolute atomic E-state index is 0.563. The van der Waals surface area contributed by atoms with Crippen LogP contribution in [0.1, 0.15) is 25.5 Å². The molecule has 0 aromatic carbocycles. The highest BCUT2D eigenvalue weighted by atomic mass is 16.7. The molecule has 7 heteroatoms. The molecule has 1 heterocycles. The molecule has 1 aromatic heterocycles. The predicted molar refractivity (Wildman–Crippen MR) is 43.3 cm³/mol. The van der Waals surface area contributed by atoms with Gasteiger partial charge in [0.05, 0.1) is 6.42 Å². The molecule has 0 spiro atoms. The summed E-state index contributed by atoms with van der Waals surface area (Å²) in [7, 11) is 0. The Morgan fingerprint density at radius 1 is 1.62 bits per heavy atom. The van der Waals surface area contributed by atoms with Gasteiger partial charge in [0.2, 0.25) is 0 Å². The van der Waals surface area contributed by atoms with Crippen LogP contribution in [0.5, 0.6) is 0 Å². The van der Waals surface area contributed by atoms with Crippen LogP contribution < -0.4 is 4.68 Å². The van der Waals surface area contributed by atoms with E-state index >= 15 is 0 Å². The van der Waals surface area contributed by atoms with Crippen molar-refractivity contribution in [3.8, 4) is 0 Å². The molecule has 1 aromatic rings. The third-order valence-corrected chi connectivity index (χ3v) is 1.63. The first-order chi connectivity index (χ1) is 6.19. The van der Waals surface area contributed by atoms with Crippen molar-refractivity contribution in [2.24, 2.45) is 0 Å². The molecule has 0 fully saturated rings. The molecule has 72 valence electrons. The van der Waals surface area contributed by atoms with E-state index in [9.17, 15) is 10.1 Å². The van der Waals surface area contributed by atoms with E-state index in [1.54, 1.807) is 0 Å². The van der Waals surface area contributed by atoms with E-state index in [1.165, 1.54) is 4.68 Å². The van der Waals surface area contributed by atoms with Crippen LogP contribution in [0.15, 0.2) is 0 Å². The van der Waals surface area contributed by atoms with Gasteiger partial charge in [0.15, 0.2) is 0 Å². The second-order valence-electron chi connectivity index (χ2n) is 2.43. The van der Waals surface area contributed by atoms with E-state index in [1.807, 2.05) is 13.8 Å². The first-order valence-electron chi connectivity index (χ1n) is 4.03. The number of hydrogen-bond acceptors (Lipinski definition) is 3. The monoisotopic (exact) mass is 185 g/mol. The van der Waals surface area contributed by atoms with Crippen molar-refractivity contribution in [1.82, 2.24) is 10.2 Å². The lowest BCUT2D eigenvalue weighted by molar-refractivity contribution is -0.747. The van der Waals surface area contributed by atoms with E-state index in [0.29, 0.717) is 24.5 Å². The zero-order chi connectivity index (χ0) is 9.84. The lowest BCUT2D eigenvalue weighted by atomic mass is 10.4. The van der Waals surface area contributed by atoms with Crippen LogP contribution in [0.25, 0.3) is 5.53 Å². The van der Waals surface area contributed by atoms with Gasteiger partial charge in [0, 0.05) is 6.42 Å². The second kappa shape index (κ2) is 3.83. The Morgan fingerprint density at radius 3 is 2.77 bits per heavy atom. The number of H-pyrrole nitrogens is 1. The minimum atomic E-state index is -0.728. The van der Waals surface area contributed by atoms with E-state index < -0.39 is 5.03 Å². The van der Waals surface area contributed by atoms with Crippen molar-refractivity contribution in [2.75, 3.05) is 0 Å². The van der Waals surface area contributed by atoms with Crippen molar-refractivity contribution >= 4 is 0 Å². The number of aryl methyl sites for hydroxylation is 2. The molecule has 0 amide bonds. The number of aromatic nitrogens is 3. The average molecular weight is 185 g/mol. The van der Waals surface area contributed by atoms with E-state index in [2.05, 4.69) is 15.7 Å². The molecular formula is C6H11N5O2. The van der Waals surface area contributed by atoms with Crippen LogP contribution in [0.4, 0.5) is 0 Å². The second-order valence-corrected chi connectivity index (χ2v) is 2.43. The molecule has 0 aliphatic rings. The van der Waals surface area contributed by atoms with Gasteiger partial charge < -0.3 is 10.1 Å². The van der Waals surface area contributed by atoms with Gasteiger partial charge >= 0.3 is 5.82 Å². The summed E-state index contributed by atoms with van der Waals surface area (Å²) < 4.78 is 1.24. The molecule has 1 rings (SSSR count). The fourth-order valence-corrected chi connectivity index (χ4v) is 1.02. The van der Waals surface area contributed by atoms with Gasteiger partial charge in [-0.2, -0.15) is 0 Å². The minimum Gasteiger partial charge on any atom is -0.373 e. The third kappa shape index (κ3) is 1.92. The van der Waals surface area contributed by atoms with Gasteiger partial charge in [0.1, 0.15) is 5.10 Å². The van der Waals surface area contributed by atoms with Crippen LogP contribution in [0, 0.1) is 10.1 Å². The summed E-state index contributed by atoms with van der Waals surface area (Å²) >= 11 is 0. The van der Waals surface area contributed by atoms with E-state index in [0.717, 1.165) is 0 Å². The molecule has 0 aliphatic carbocycles. The van der Waals surface area contributed by atoms with Crippen molar-refractivity contribution in [3.63, 3.8) is 0 Å². The number of aromatic amines is 1. The normalized spacial score (nSPS) is 10.0. The Bertz CT molecular complexity index is 286. The lowest BCUT2D eigenvalue weighted by Crippen LogP contribution is -2.38. The third-order valence-electron chi connectivity index (χ3n) is 1.63. The van der Waals surface area contributed by atoms with Crippen LogP contribution >= 0.6 is 0 Å². The number of rotatable bonds is 4. The largest absolute Gasteiger partial charge is 0.373 e. The molecular weight excluding hydrogens is 174 g/mol. The van der Waals surface area contributed by atoms with Crippen molar-refractivity contribution in [3.05, 3.63) is 27.3 Å². The summed E-state index contributed by atoms with van der Waals surface area (Å²) in [6.07, 6.45) is 1.23. The molecule has 0 unspecified atom stereocenters. The Morgan fingerprint density at radius 2 is 2.31 bits per heavy atom. The number of nitrogens with zero attached hydrogens (tertiary/aromatic N) is 4. The van der Waals surface area contributed by atoms with Gasteiger partial charge in [-0.05, 0) is 0 Å². The SMILES string of the molecule is CCc1n[nH]c(CC)[n+]1[N-][N+](=O)[O-]. The lowest BCUT2D eigenvalue weighted by Gasteiger charge is -2.11. The zero-order valence-corrected chi connectivity index (χ0v) is 7.52. The van der Waals surface area contributed by atoms with E-state index in [-0.39, 0.29) is 0 Å². The molecule has 13 heavy (non-hydrogen) atoms. The molecule has 7 nitrogen and oxygen atoms in total. The maximum absolute atomic E-state index is 10.2. The van der Waals surface area contributed by atoms with Crippen LogP contribution in [0.2, 0.25) is 0 Å². The Labute approximate surface area is 74.9 Å². The van der Waals surface area contributed by atoms with Crippen molar-refractivity contribution in [2.45, 2.75) is 26.7 Å². The first kappa shape index (κ1) is 9.43. The highest BCUT2D eigenvalue weighted by molar-refractivity contribution is 4.78. The highest BCUT2D eigenvalue weighted by Gasteiger charge is 2.17. The highest BCUT2D eigenvalue weighted by Crippen LogP contribution is 1.95. The summed E-state index contributed by atoms with van der Waals surface area (Å²) in [5, 5.41) is 16.0. The Kier molecular flexibility index (Phi) is 2.78. The Hall–Kier alpha value is -1.66. The molecule has 0 aliphatic heterocycles. The Balaban J connectivity index is 2.97. The maximum atomic E-state index is 10.2. The van der Waals surface area contributed by atoms with Gasteiger partial charge in [0.25, 0.3) is 5.82 Å². The van der Waals surface area contributed by atoms with Crippen LogP contribution in [0.3, 0.4) is 0 Å². The summed E-state index contributed by atoms with van der Waals surface area (Å²) in [6, 6.07) is 0. The van der Waals surface area contributed by atoms with Gasteiger partial charge in [-0.3, -0.25) is 5.53 Å². The smallest absolute Gasteiger partial charge is 0.343 e. The molecule has 0 saturated heterocycles. The van der Waals surface area contributed by atoms with Crippen molar-refractivity contribution in [1.29, 1.82) is 0 Å². The zero-order valence-electron chi connectivity index (χ0n) is 7.52. The fraction of sp³-hybridized carbons (Fsp3) is 0.667. The molecule has 0 bridgehead atoms. The standard InChI is InChI=1S/C6H11N5O2/c1-3-5-7-8-6(4-2)10(5)9-11(12)13/h7H,3-4H2,1-2H3. The van der Waals surface area contributed by atoms with Crippen LogP contribution in [-0.2, 0) is 12.8 Å². The van der Waals surface area contributed by atoms with Crippen LogP contribution in [-0.4, -0.2) is 15.2 Å². The van der Waals surface area contributed by atoms with Gasteiger partial charge in [-0.25, -0.2) is 4.68 Å². The summed E-state index contributed by atoms with van der Waals surface area (Å²) in [5.74, 6) is 1.20. The van der Waals surface area contributed by atoms with Crippen molar-refractivity contribution < 1.29 is 9.71 Å². The molecule has 1 N–H and O–H groups in total. The summed E-state index contributed by atoms with van der Waals surface area (Å²) in [5.41, 5.74) is 3.21. The molecule has 0 radical (unpaired) electrons. The summed E-state index contributed by atoms with van der Waals surface area (Å²) in [6.45, 7) is 3.74. The number of nitrogens with one attached hydrogen (secondary N) is 1. The maximum Gasteiger partial charge on any atom is 0.343 e. The predicted octanol–water partition coefficient (Wildman–Crippen LogP) is 0.151. The fourth-order valence-electron chi connectivity index (χ4n) is 1.02. The molecule has 0 saturated carbocycles. The number of nitro groups is 1. The summed E-state index contributed by atoms with van der Waals surface area (Å²) in [4.78, 5) is 10.2. The van der Waals surface area contributed by atoms with E-state index in [4.69, 9.17) is 0 Å². The average Bonchev–Trinajstić information content (AvgIpc) is 2.46. The topological polar surface area (TPSA) is 89.8 Å². The van der Waals surface area contributed by atoms with Gasteiger partial charge in [-0.1, -0.05) is 18.9 Å². The quantitative estimate of drug-likeness (QED) is 0.411. The van der Waals surface area contributed by atoms with Gasteiger partial charge in [-0.15, -0.1) is 5.03 Å². The number of hydrogen-bond donors (Lipinski definition) is 1. The molecule has 0 atom stereocenters. The first-order valence-corrected chi connectivity index (χ1v) is 4.03.